The van der Waals surface area contributed by atoms with Gasteiger partial charge in [0, 0.05) is 19.0 Å². The van der Waals surface area contributed by atoms with E-state index in [1.807, 2.05) is 13.8 Å². The first-order chi connectivity index (χ1) is 16.4. The Morgan fingerprint density at radius 3 is 2.63 bits per heavy atom. The van der Waals surface area contributed by atoms with Gasteiger partial charge in [-0.3, -0.25) is 23.9 Å². The number of carbonyl (C=O) groups is 4. The van der Waals surface area contributed by atoms with Gasteiger partial charge in [-0.2, -0.15) is 0 Å². The number of carbonyl (C=O) groups excluding carboxylic acids is 4. The van der Waals surface area contributed by atoms with Crippen LogP contribution in [-0.2, 0) is 33.4 Å². The van der Waals surface area contributed by atoms with Crippen molar-refractivity contribution in [1.29, 1.82) is 0 Å². The summed E-state index contributed by atoms with van der Waals surface area (Å²) in [7, 11) is 0. The second-order valence-electron chi connectivity index (χ2n) is 10.1. The molecule has 0 spiro atoms. The first-order valence-electron chi connectivity index (χ1n) is 11.7. The third-order valence-electron chi connectivity index (χ3n) is 7.62. The predicted molar refractivity (Wildman–Crippen MR) is 111 cm³/mol. The molecule has 3 saturated heterocycles. The number of fused-ring (bicyclic) bond motifs is 1. The van der Waals surface area contributed by atoms with Crippen LogP contribution < -0.4 is 10.6 Å². The zero-order valence-electron chi connectivity index (χ0n) is 19.6. The highest BCUT2D eigenvalue weighted by Gasteiger charge is 2.69. The van der Waals surface area contributed by atoms with Crippen molar-refractivity contribution in [2.45, 2.75) is 51.2 Å². The first kappa shape index (κ1) is 25.8. The average molecular weight is 505 g/mol. The molecule has 13 heteroatoms. The summed E-state index contributed by atoms with van der Waals surface area (Å²) in [5.74, 6) is -3.10. The van der Waals surface area contributed by atoms with Gasteiger partial charge in [0.2, 0.25) is 11.8 Å². The second kappa shape index (κ2) is 9.66. The van der Waals surface area contributed by atoms with Crippen LogP contribution in [0.3, 0.4) is 0 Å². The Morgan fingerprint density at radius 2 is 2.03 bits per heavy atom. The summed E-state index contributed by atoms with van der Waals surface area (Å²) in [6, 6.07) is -2.28. The van der Waals surface area contributed by atoms with Gasteiger partial charge in [-0.05, 0) is 30.1 Å². The van der Waals surface area contributed by atoms with E-state index in [1.54, 1.807) is 0 Å². The summed E-state index contributed by atoms with van der Waals surface area (Å²) in [5, 5.41) is 5.15. The lowest BCUT2D eigenvalue weighted by atomic mass is 9.94. The van der Waals surface area contributed by atoms with Gasteiger partial charge in [-0.1, -0.05) is 13.8 Å². The highest BCUT2D eigenvalue weighted by molar-refractivity contribution is 5.95. The van der Waals surface area contributed by atoms with Crippen LogP contribution in [0.5, 0.6) is 0 Å². The summed E-state index contributed by atoms with van der Waals surface area (Å²) in [4.78, 5) is 52.6. The van der Waals surface area contributed by atoms with Gasteiger partial charge in [-0.15, -0.1) is 13.2 Å². The van der Waals surface area contributed by atoms with E-state index in [0.29, 0.717) is 26.1 Å². The summed E-state index contributed by atoms with van der Waals surface area (Å²) in [6.45, 7) is 4.05. The Morgan fingerprint density at radius 1 is 1.29 bits per heavy atom. The molecule has 0 aromatic carbocycles. The van der Waals surface area contributed by atoms with E-state index >= 15 is 0 Å². The highest BCUT2D eigenvalue weighted by Crippen LogP contribution is 2.65. The minimum Gasteiger partial charge on any atom is -0.376 e. The average Bonchev–Trinajstić information content (AvgIpc) is 3.16. The lowest BCUT2D eigenvalue weighted by Gasteiger charge is -2.34. The fourth-order valence-electron chi connectivity index (χ4n) is 5.56. The van der Waals surface area contributed by atoms with Crippen LogP contribution in [0, 0.1) is 23.2 Å². The van der Waals surface area contributed by atoms with Crippen LogP contribution in [0.25, 0.3) is 0 Å². The maximum absolute atomic E-state index is 13.4. The van der Waals surface area contributed by atoms with E-state index in [4.69, 9.17) is 9.47 Å². The molecule has 0 aromatic rings. The standard InChI is InChI=1S/C22H30F3N3O7/c1-21(2)12-8-28(20(32)15-10-33-5-6-34-15)17(16(12)21)19(31)27-13(7-11-3-4-26-18(11)30)14(29)9-35-22(23,24)25/h11-13,15-17H,3-10H2,1-2H3,(H,26,30)(H,27,31)/t11-,12-,13-,15+,16-,17-/m0/s1. The number of amides is 3. The minimum absolute atomic E-state index is 0.0646. The number of hydrogen-bond donors (Lipinski definition) is 2. The molecule has 196 valence electrons. The van der Waals surface area contributed by atoms with Gasteiger partial charge in [0.15, 0.2) is 11.9 Å². The van der Waals surface area contributed by atoms with Gasteiger partial charge in [-0.25, -0.2) is 0 Å². The van der Waals surface area contributed by atoms with Gasteiger partial charge in [0.05, 0.1) is 25.9 Å². The van der Waals surface area contributed by atoms with Crippen LogP contribution in [0.1, 0.15) is 26.7 Å². The third kappa shape index (κ3) is 5.46. The summed E-state index contributed by atoms with van der Waals surface area (Å²) < 4.78 is 52.0. The first-order valence-corrected chi connectivity index (χ1v) is 11.7. The molecule has 4 fully saturated rings. The zero-order chi connectivity index (χ0) is 25.5. The largest absolute Gasteiger partial charge is 0.522 e. The molecule has 0 unspecified atom stereocenters. The molecular formula is C22H30F3N3O7. The molecule has 3 aliphatic heterocycles. The summed E-state index contributed by atoms with van der Waals surface area (Å²) >= 11 is 0. The van der Waals surface area contributed by atoms with Crippen molar-refractivity contribution in [2.75, 3.05) is 39.5 Å². The molecule has 3 amide bonds. The Bertz CT molecular complexity index is 875. The molecule has 1 aliphatic carbocycles. The van der Waals surface area contributed by atoms with Crippen LogP contribution in [0.2, 0.25) is 0 Å². The number of nitrogens with zero attached hydrogens (tertiary/aromatic N) is 1. The van der Waals surface area contributed by atoms with E-state index < -0.39 is 54.7 Å². The normalized spacial score (nSPS) is 32.5. The molecule has 1 saturated carbocycles. The minimum atomic E-state index is -5.02. The Labute approximate surface area is 200 Å². The Kier molecular flexibility index (Phi) is 7.13. The molecule has 3 heterocycles. The monoisotopic (exact) mass is 505 g/mol. The maximum atomic E-state index is 13.4. The number of rotatable bonds is 8. The lowest BCUT2D eigenvalue weighted by Crippen LogP contribution is -2.57. The van der Waals surface area contributed by atoms with Crippen LogP contribution in [0.15, 0.2) is 0 Å². The van der Waals surface area contributed by atoms with E-state index in [-0.39, 0.29) is 42.8 Å². The Balaban J connectivity index is 1.50. The maximum Gasteiger partial charge on any atom is 0.522 e. The van der Waals surface area contributed by atoms with Crippen LogP contribution in [-0.4, -0.2) is 92.5 Å². The topological polar surface area (TPSA) is 123 Å². The number of ketones is 1. The van der Waals surface area contributed by atoms with Crippen molar-refractivity contribution in [2.24, 2.45) is 23.2 Å². The quantitative estimate of drug-likeness (QED) is 0.476. The molecule has 0 radical (unpaired) electrons. The number of nitrogens with one attached hydrogen (secondary N) is 2. The molecular weight excluding hydrogens is 475 g/mol. The molecule has 4 aliphatic rings. The van der Waals surface area contributed by atoms with Crippen molar-refractivity contribution < 1.29 is 46.6 Å². The SMILES string of the molecule is CC1(C)[C@@H]2[C@@H](C(=O)N[C@@H](C[C@@H]3CCNC3=O)C(=O)COC(F)(F)F)N(C(=O)[C@H]3COCCO3)C[C@@H]21. The van der Waals surface area contributed by atoms with Crippen molar-refractivity contribution in [3.63, 3.8) is 0 Å². The van der Waals surface area contributed by atoms with Crippen molar-refractivity contribution >= 4 is 23.5 Å². The van der Waals surface area contributed by atoms with Gasteiger partial charge >= 0.3 is 6.36 Å². The zero-order valence-corrected chi connectivity index (χ0v) is 19.6. The number of ether oxygens (including phenoxy) is 3. The molecule has 0 bridgehead atoms. The van der Waals surface area contributed by atoms with E-state index in [0.717, 1.165) is 0 Å². The molecule has 6 atom stereocenters. The fraction of sp³-hybridized carbons (Fsp3) is 0.818. The highest BCUT2D eigenvalue weighted by atomic mass is 19.4. The molecule has 35 heavy (non-hydrogen) atoms. The number of piperidine rings is 1. The molecule has 4 rings (SSSR count). The molecule has 2 N–H and O–H groups in total. The van der Waals surface area contributed by atoms with E-state index in [9.17, 15) is 32.3 Å². The van der Waals surface area contributed by atoms with E-state index in [1.165, 1.54) is 4.90 Å². The number of likely N-dealkylation sites (tertiary alicyclic amines) is 1. The van der Waals surface area contributed by atoms with Crippen LogP contribution >= 0.6 is 0 Å². The van der Waals surface area contributed by atoms with Gasteiger partial charge in [0.25, 0.3) is 5.91 Å². The van der Waals surface area contributed by atoms with Gasteiger partial charge < -0.3 is 25.0 Å². The number of alkyl halides is 3. The number of Topliss-reactive ketones (excluding diaryl/α,β-unsaturated/α-hetero) is 1. The number of halogens is 3. The van der Waals surface area contributed by atoms with Crippen molar-refractivity contribution in [3.05, 3.63) is 0 Å². The second-order valence-corrected chi connectivity index (χ2v) is 10.1. The smallest absolute Gasteiger partial charge is 0.376 e. The van der Waals surface area contributed by atoms with Gasteiger partial charge in [0.1, 0.15) is 12.6 Å². The van der Waals surface area contributed by atoms with Crippen LogP contribution in [0.4, 0.5) is 13.2 Å². The molecule has 10 nitrogen and oxygen atoms in total. The predicted octanol–water partition coefficient (Wildman–Crippen LogP) is 0.00130. The molecule has 0 aromatic heterocycles. The lowest BCUT2D eigenvalue weighted by molar-refractivity contribution is -0.321. The Hall–Kier alpha value is -2.25. The third-order valence-corrected chi connectivity index (χ3v) is 7.62. The van der Waals surface area contributed by atoms with Crippen molar-refractivity contribution in [3.8, 4) is 0 Å². The van der Waals surface area contributed by atoms with Crippen molar-refractivity contribution in [1.82, 2.24) is 15.5 Å². The summed E-state index contributed by atoms with van der Waals surface area (Å²) in [5.41, 5.74) is -0.215. The van der Waals surface area contributed by atoms with E-state index in [2.05, 4.69) is 15.4 Å². The fourth-order valence-corrected chi connectivity index (χ4v) is 5.56. The summed E-state index contributed by atoms with van der Waals surface area (Å²) in [6.07, 6.45) is -5.63. The number of hydrogen-bond acceptors (Lipinski definition) is 7.